The maximum atomic E-state index is 5.85. The van der Waals surface area contributed by atoms with Crippen LogP contribution in [0.5, 0.6) is 0 Å². The summed E-state index contributed by atoms with van der Waals surface area (Å²) in [5.74, 6) is 0. The van der Waals surface area contributed by atoms with Gasteiger partial charge in [0.05, 0.1) is 5.69 Å². The molecule has 1 aromatic carbocycles. The maximum absolute atomic E-state index is 5.85. The molecule has 78 valence electrons. The van der Waals surface area contributed by atoms with E-state index in [9.17, 15) is 0 Å². The molecule has 0 aliphatic heterocycles. The molecule has 0 amide bonds. The number of benzene rings is 1. The van der Waals surface area contributed by atoms with Gasteiger partial charge in [0, 0.05) is 16.2 Å². The summed E-state index contributed by atoms with van der Waals surface area (Å²) in [5, 5.41) is 3.40. The van der Waals surface area contributed by atoms with Crippen LogP contribution in [-0.2, 0) is 0 Å². The first kappa shape index (κ1) is 11.4. The Balaban J connectivity index is 2.92. The minimum absolute atomic E-state index is 0.466. The third-order valence-corrected chi connectivity index (χ3v) is 3.03. The van der Waals surface area contributed by atoms with Crippen LogP contribution in [-0.4, -0.2) is 6.04 Å². The van der Waals surface area contributed by atoms with E-state index in [-0.39, 0.29) is 0 Å². The normalized spacial score (nSPS) is 12.6. The Kier molecular flexibility index (Phi) is 3.81. The van der Waals surface area contributed by atoms with Crippen molar-refractivity contribution in [1.29, 1.82) is 0 Å². The van der Waals surface area contributed by atoms with Gasteiger partial charge in [-0.05, 0) is 53.9 Å². The van der Waals surface area contributed by atoms with E-state index in [0.717, 1.165) is 27.8 Å². The largest absolute Gasteiger partial charge is 0.398 e. The molecule has 3 N–H and O–H groups in total. The Hall–Kier alpha value is -0.700. The van der Waals surface area contributed by atoms with Crippen LogP contribution in [0.3, 0.4) is 0 Å². The van der Waals surface area contributed by atoms with Crippen LogP contribution in [0.15, 0.2) is 16.6 Å². The number of nitrogens with one attached hydrogen (secondary N) is 1. The van der Waals surface area contributed by atoms with Crippen LogP contribution in [0.1, 0.15) is 25.8 Å². The summed E-state index contributed by atoms with van der Waals surface area (Å²) in [6.07, 6.45) is 1.10. The van der Waals surface area contributed by atoms with Crippen molar-refractivity contribution in [3.63, 3.8) is 0 Å². The number of halogens is 1. The van der Waals surface area contributed by atoms with Crippen LogP contribution < -0.4 is 11.1 Å². The molecule has 0 saturated carbocycles. The zero-order chi connectivity index (χ0) is 10.7. The summed E-state index contributed by atoms with van der Waals surface area (Å²) in [6, 6.07) is 4.49. The number of aryl methyl sites for hydroxylation is 1. The van der Waals surface area contributed by atoms with Crippen molar-refractivity contribution in [2.75, 3.05) is 11.1 Å². The predicted octanol–water partition coefficient (Wildman–Crippen LogP) is 3.55. The summed E-state index contributed by atoms with van der Waals surface area (Å²) < 4.78 is 1.07. The van der Waals surface area contributed by atoms with Crippen LogP contribution in [0, 0.1) is 6.92 Å². The fourth-order valence-corrected chi connectivity index (χ4v) is 1.74. The predicted molar refractivity (Wildman–Crippen MR) is 66.7 cm³/mol. The van der Waals surface area contributed by atoms with E-state index in [4.69, 9.17) is 5.73 Å². The first-order valence-electron chi connectivity index (χ1n) is 4.86. The highest BCUT2D eigenvalue weighted by Gasteiger charge is 2.05. The molecular weight excluding hydrogens is 240 g/mol. The molecule has 1 aromatic rings. The van der Waals surface area contributed by atoms with Gasteiger partial charge in [0.2, 0.25) is 0 Å². The number of nitrogens with two attached hydrogens (primary N) is 1. The lowest BCUT2D eigenvalue weighted by molar-refractivity contribution is 0.763. The summed E-state index contributed by atoms with van der Waals surface area (Å²) in [5.41, 5.74) is 8.85. The standard InChI is InChI=1S/C11H17BrN2/c1-4-8(3)14-11-6-10(13)7(2)5-9(11)12/h5-6,8,14H,4,13H2,1-3H3. The van der Waals surface area contributed by atoms with Crippen molar-refractivity contribution in [3.05, 3.63) is 22.2 Å². The molecule has 3 heteroatoms. The Bertz CT molecular complexity index is 323. The Labute approximate surface area is 94.0 Å². The van der Waals surface area contributed by atoms with E-state index in [1.807, 2.05) is 19.1 Å². The van der Waals surface area contributed by atoms with E-state index >= 15 is 0 Å². The van der Waals surface area contributed by atoms with Gasteiger partial charge in [0.15, 0.2) is 0 Å². The van der Waals surface area contributed by atoms with Crippen molar-refractivity contribution in [3.8, 4) is 0 Å². The second-order valence-electron chi connectivity index (χ2n) is 3.64. The average Bonchev–Trinajstić information content (AvgIpc) is 2.14. The fraction of sp³-hybridized carbons (Fsp3) is 0.455. The van der Waals surface area contributed by atoms with Gasteiger partial charge in [0.1, 0.15) is 0 Å². The smallest absolute Gasteiger partial charge is 0.0507 e. The van der Waals surface area contributed by atoms with Gasteiger partial charge in [-0.15, -0.1) is 0 Å². The lowest BCUT2D eigenvalue weighted by atomic mass is 10.1. The fourth-order valence-electron chi connectivity index (χ4n) is 1.17. The van der Waals surface area contributed by atoms with Gasteiger partial charge < -0.3 is 11.1 Å². The van der Waals surface area contributed by atoms with Crippen molar-refractivity contribution in [2.24, 2.45) is 0 Å². The Morgan fingerprint density at radius 2 is 2.14 bits per heavy atom. The highest BCUT2D eigenvalue weighted by atomic mass is 79.9. The number of nitrogen functional groups attached to an aromatic ring is 1. The minimum Gasteiger partial charge on any atom is -0.398 e. The molecule has 0 spiro atoms. The molecule has 2 nitrogen and oxygen atoms in total. The monoisotopic (exact) mass is 256 g/mol. The Morgan fingerprint density at radius 3 is 2.71 bits per heavy atom. The molecule has 0 aromatic heterocycles. The van der Waals surface area contributed by atoms with Crippen molar-refractivity contribution in [1.82, 2.24) is 0 Å². The molecule has 0 aliphatic rings. The zero-order valence-electron chi connectivity index (χ0n) is 8.89. The molecule has 14 heavy (non-hydrogen) atoms. The number of anilines is 2. The van der Waals surface area contributed by atoms with E-state index in [1.54, 1.807) is 0 Å². The first-order valence-corrected chi connectivity index (χ1v) is 5.66. The second-order valence-corrected chi connectivity index (χ2v) is 4.50. The van der Waals surface area contributed by atoms with E-state index < -0.39 is 0 Å². The van der Waals surface area contributed by atoms with Crippen LogP contribution in [0.2, 0.25) is 0 Å². The lowest BCUT2D eigenvalue weighted by Crippen LogP contribution is -2.14. The van der Waals surface area contributed by atoms with Crippen LogP contribution in [0.4, 0.5) is 11.4 Å². The lowest BCUT2D eigenvalue weighted by Gasteiger charge is -2.15. The SMILES string of the molecule is CCC(C)Nc1cc(N)c(C)cc1Br. The topological polar surface area (TPSA) is 38.0 Å². The van der Waals surface area contributed by atoms with Gasteiger partial charge in [-0.25, -0.2) is 0 Å². The van der Waals surface area contributed by atoms with Crippen LogP contribution >= 0.6 is 15.9 Å². The average molecular weight is 257 g/mol. The van der Waals surface area contributed by atoms with Gasteiger partial charge in [0.25, 0.3) is 0 Å². The molecule has 1 unspecified atom stereocenters. The minimum atomic E-state index is 0.466. The van der Waals surface area contributed by atoms with Gasteiger partial charge in [-0.2, -0.15) is 0 Å². The third-order valence-electron chi connectivity index (χ3n) is 2.37. The van der Waals surface area contributed by atoms with E-state index in [1.165, 1.54) is 0 Å². The van der Waals surface area contributed by atoms with Gasteiger partial charge in [-0.1, -0.05) is 6.92 Å². The number of hydrogen-bond donors (Lipinski definition) is 2. The summed E-state index contributed by atoms with van der Waals surface area (Å²) >= 11 is 3.52. The zero-order valence-corrected chi connectivity index (χ0v) is 10.5. The maximum Gasteiger partial charge on any atom is 0.0507 e. The molecular formula is C11H17BrN2. The molecule has 0 fully saturated rings. The van der Waals surface area contributed by atoms with E-state index in [2.05, 4.69) is 35.1 Å². The summed E-state index contributed by atoms with van der Waals surface area (Å²) in [6.45, 7) is 6.32. The van der Waals surface area contributed by atoms with Gasteiger partial charge >= 0.3 is 0 Å². The third kappa shape index (κ3) is 2.64. The number of rotatable bonds is 3. The highest BCUT2D eigenvalue weighted by Crippen LogP contribution is 2.28. The molecule has 0 heterocycles. The Morgan fingerprint density at radius 1 is 1.50 bits per heavy atom. The van der Waals surface area contributed by atoms with Crippen LogP contribution in [0.25, 0.3) is 0 Å². The van der Waals surface area contributed by atoms with Crippen molar-refractivity contribution >= 4 is 27.3 Å². The van der Waals surface area contributed by atoms with Crippen molar-refractivity contribution in [2.45, 2.75) is 33.2 Å². The van der Waals surface area contributed by atoms with E-state index in [0.29, 0.717) is 6.04 Å². The second kappa shape index (κ2) is 4.69. The molecule has 0 radical (unpaired) electrons. The first-order chi connectivity index (χ1) is 6.54. The highest BCUT2D eigenvalue weighted by molar-refractivity contribution is 9.10. The van der Waals surface area contributed by atoms with Gasteiger partial charge in [-0.3, -0.25) is 0 Å². The quantitative estimate of drug-likeness (QED) is 0.812. The molecule has 1 atom stereocenters. The molecule has 0 aliphatic carbocycles. The summed E-state index contributed by atoms with van der Waals surface area (Å²) in [7, 11) is 0. The number of hydrogen-bond acceptors (Lipinski definition) is 2. The summed E-state index contributed by atoms with van der Waals surface area (Å²) in [4.78, 5) is 0. The molecule has 0 bridgehead atoms. The van der Waals surface area contributed by atoms with Crippen molar-refractivity contribution < 1.29 is 0 Å². The molecule has 0 saturated heterocycles. The molecule has 1 rings (SSSR count).